The Hall–Kier alpha value is -3.07. The monoisotopic (exact) mass is 461 g/mol. The van der Waals surface area contributed by atoms with Crippen molar-refractivity contribution >= 4 is 27.5 Å². The third-order valence-electron chi connectivity index (χ3n) is 5.38. The van der Waals surface area contributed by atoms with Gasteiger partial charge in [-0.3, -0.25) is 13.9 Å². The molecule has 2 aromatic rings. The van der Waals surface area contributed by atoms with Gasteiger partial charge in [0.05, 0.1) is 19.1 Å². The molecule has 1 N–H and O–H groups in total. The molecule has 1 atom stereocenters. The molecule has 0 saturated heterocycles. The van der Waals surface area contributed by atoms with Gasteiger partial charge in [-0.2, -0.15) is 0 Å². The van der Waals surface area contributed by atoms with Crippen LogP contribution in [0, 0.1) is 13.8 Å². The number of rotatable bonds is 9. The van der Waals surface area contributed by atoms with Crippen LogP contribution in [0.3, 0.4) is 0 Å². The summed E-state index contributed by atoms with van der Waals surface area (Å²) >= 11 is 0. The van der Waals surface area contributed by atoms with Crippen LogP contribution in [0.4, 0.5) is 5.69 Å². The van der Waals surface area contributed by atoms with Crippen LogP contribution in [0.5, 0.6) is 5.75 Å². The highest BCUT2D eigenvalue weighted by Gasteiger charge is 2.29. The maximum Gasteiger partial charge on any atom is 0.244 e. The van der Waals surface area contributed by atoms with Crippen molar-refractivity contribution < 1.29 is 22.7 Å². The van der Waals surface area contributed by atoms with Gasteiger partial charge in [-0.15, -0.1) is 0 Å². The zero-order valence-electron chi connectivity index (χ0n) is 19.4. The second kappa shape index (κ2) is 10.5. The van der Waals surface area contributed by atoms with Crippen molar-refractivity contribution in [2.24, 2.45) is 0 Å². The number of methoxy groups -OCH3 is 1. The van der Waals surface area contributed by atoms with Gasteiger partial charge in [0.25, 0.3) is 0 Å². The number of ether oxygens (including phenoxy) is 1. The van der Waals surface area contributed by atoms with Gasteiger partial charge in [-0.05, 0) is 61.7 Å². The first-order valence-electron chi connectivity index (χ1n) is 10.2. The molecule has 0 aromatic heterocycles. The summed E-state index contributed by atoms with van der Waals surface area (Å²) < 4.78 is 31.3. The molecular formula is C23H31N3O5S. The van der Waals surface area contributed by atoms with Gasteiger partial charge in [0.1, 0.15) is 18.3 Å². The fraction of sp³-hybridized carbons (Fsp3) is 0.391. The first kappa shape index (κ1) is 25.2. The van der Waals surface area contributed by atoms with E-state index in [1.807, 2.05) is 19.9 Å². The predicted molar refractivity (Wildman–Crippen MR) is 125 cm³/mol. The van der Waals surface area contributed by atoms with E-state index in [-0.39, 0.29) is 12.5 Å². The van der Waals surface area contributed by atoms with E-state index in [1.165, 1.54) is 11.9 Å². The lowest BCUT2D eigenvalue weighted by Crippen LogP contribution is -2.50. The number of sulfonamides is 1. The number of hydrogen-bond acceptors (Lipinski definition) is 5. The van der Waals surface area contributed by atoms with E-state index in [4.69, 9.17) is 4.74 Å². The van der Waals surface area contributed by atoms with E-state index < -0.39 is 28.5 Å². The van der Waals surface area contributed by atoms with Crippen LogP contribution < -0.4 is 14.4 Å². The Morgan fingerprint density at radius 2 is 1.69 bits per heavy atom. The molecule has 8 nitrogen and oxygen atoms in total. The van der Waals surface area contributed by atoms with Crippen LogP contribution in [-0.4, -0.2) is 58.1 Å². The number of carbonyl (C=O) groups excluding carboxylic acids is 2. The summed E-state index contributed by atoms with van der Waals surface area (Å²) in [5.74, 6) is -0.159. The van der Waals surface area contributed by atoms with Gasteiger partial charge < -0.3 is 15.0 Å². The number of aryl methyl sites for hydroxylation is 2. The number of carbonyl (C=O) groups is 2. The van der Waals surface area contributed by atoms with E-state index in [9.17, 15) is 18.0 Å². The number of anilines is 1. The molecule has 0 spiro atoms. The molecule has 2 aromatic carbocycles. The fourth-order valence-electron chi connectivity index (χ4n) is 3.21. The maximum absolute atomic E-state index is 13.3. The van der Waals surface area contributed by atoms with Crippen molar-refractivity contribution in [2.45, 2.75) is 33.4 Å². The van der Waals surface area contributed by atoms with Gasteiger partial charge >= 0.3 is 0 Å². The molecular weight excluding hydrogens is 430 g/mol. The molecule has 2 amide bonds. The van der Waals surface area contributed by atoms with Crippen molar-refractivity contribution in [1.82, 2.24) is 10.2 Å². The Morgan fingerprint density at radius 1 is 1.06 bits per heavy atom. The summed E-state index contributed by atoms with van der Waals surface area (Å²) in [5, 5.41) is 2.55. The molecule has 0 radical (unpaired) electrons. The van der Waals surface area contributed by atoms with Crippen LogP contribution in [0.1, 0.15) is 23.6 Å². The van der Waals surface area contributed by atoms with Gasteiger partial charge in [-0.1, -0.05) is 18.2 Å². The minimum atomic E-state index is -3.74. The zero-order chi connectivity index (χ0) is 24.1. The number of nitrogens with one attached hydrogen (secondary N) is 1. The molecule has 0 fully saturated rings. The molecule has 0 unspecified atom stereocenters. The van der Waals surface area contributed by atoms with Crippen LogP contribution in [0.25, 0.3) is 0 Å². The number of benzene rings is 2. The van der Waals surface area contributed by atoms with Gasteiger partial charge in [0.15, 0.2) is 0 Å². The smallest absolute Gasteiger partial charge is 0.244 e. The van der Waals surface area contributed by atoms with Gasteiger partial charge in [-0.25, -0.2) is 8.42 Å². The third kappa shape index (κ3) is 6.23. The summed E-state index contributed by atoms with van der Waals surface area (Å²) in [6.07, 6.45) is 1.06. The minimum Gasteiger partial charge on any atom is -0.497 e. The average Bonchev–Trinajstić information content (AvgIpc) is 2.76. The number of likely N-dealkylation sites (N-methyl/N-ethyl adjacent to an activating group) is 1. The Morgan fingerprint density at radius 3 is 2.19 bits per heavy atom. The highest BCUT2D eigenvalue weighted by Crippen LogP contribution is 2.22. The van der Waals surface area contributed by atoms with Crippen LogP contribution in [0.2, 0.25) is 0 Å². The maximum atomic E-state index is 13.3. The third-order valence-corrected chi connectivity index (χ3v) is 6.52. The van der Waals surface area contributed by atoms with Crippen molar-refractivity contribution in [2.75, 3.05) is 31.3 Å². The van der Waals surface area contributed by atoms with Crippen molar-refractivity contribution in [3.63, 3.8) is 0 Å². The summed E-state index contributed by atoms with van der Waals surface area (Å²) in [6, 6.07) is 11.6. The molecule has 2 rings (SSSR count). The molecule has 9 heteroatoms. The molecule has 0 saturated carbocycles. The van der Waals surface area contributed by atoms with E-state index in [2.05, 4.69) is 5.32 Å². The first-order valence-corrected chi connectivity index (χ1v) is 12.0. The molecule has 0 aliphatic heterocycles. The van der Waals surface area contributed by atoms with Crippen molar-refractivity contribution in [3.05, 3.63) is 59.2 Å². The molecule has 0 heterocycles. The second-order valence-electron chi connectivity index (χ2n) is 7.70. The summed E-state index contributed by atoms with van der Waals surface area (Å²) in [4.78, 5) is 27.0. The summed E-state index contributed by atoms with van der Waals surface area (Å²) in [7, 11) is -0.687. The molecule has 0 bridgehead atoms. The Kier molecular flexibility index (Phi) is 8.26. The standard InChI is InChI=1S/C23H31N3O5S/c1-16-7-10-20(13-17(16)2)26(32(6,29)30)15-22(27)25(18(3)23(28)24-4)14-19-8-11-21(31-5)12-9-19/h7-13,18H,14-15H2,1-6H3,(H,24,28)/t18-/m0/s1. The quantitative estimate of drug-likeness (QED) is 0.618. The van der Waals surface area contributed by atoms with Gasteiger partial charge in [0, 0.05) is 13.6 Å². The Bertz CT molecular complexity index is 1070. The lowest BCUT2D eigenvalue weighted by molar-refractivity contribution is -0.139. The highest BCUT2D eigenvalue weighted by molar-refractivity contribution is 7.92. The average molecular weight is 462 g/mol. The Balaban J connectivity index is 2.38. The molecule has 0 aliphatic carbocycles. The van der Waals surface area contributed by atoms with E-state index in [0.717, 1.165) is 27.3 Å². The van der Waals surface area contributed by atoms with Crippen LogP contribution >= 0.6 is 0 Å². The molecule has 174 valence electrons. The molecule has 32 heavy (non-hydrogen) atoms. The lowest BCUT2D eigenvalue weighted by Gasteiger charge is -2.31. The topological polar surface area (TPSA) is 96.0 Å². The Labute approximate surface area is 190 Å². The largest absolute Gasteiger partial charge is 0.497 e. The number of hydrogen-bond donors (Lipinski definition) is 1. The van der Waals surface area contributed by atoms with Crippen molar-refractivity contribution in [1.29, 1.82) is 0 Å². The highest BCUT2D eigenvalue weighted by atomic mass is 32.2. The number of nitrogens with zero attached hydrogens (tertiary/aromatic N) is 2. The fourth-order valence-corrected chi connectivity index (χ4v) is 4.06. The van der Waals surface area contributed by atoms with E-state index in [1.54, 1.807) is 50.4 Å². The summed E-state index contributed by atoms with van der Waals surface area (Å²) in [5.41, 5.74) is 3.12. The van der Waals surface area contributed by atoms with E-state index >= 15 is 0 Å². The van der Waals surface area contributed by atoms with Gasteiger partial charge in [0.2, 0.25) is 21.8 Å². The molecule has 0 aliphatic rings. The minimum absolute atomic E-state index is 0.141. The number of amides is 2. The summed E-state index contributed by atoms with van der Waals surface area (Å²) in [6.45, 7) is 5.14. The van der Waals surface area contributed by atoms with E-state index in [0.29, 0.717) is 11.4 Å². The predicted octanol–water partition coefficient (Wildman–Crippen LogP) is 2.24. The van der Waals surface area contributed by atoms with Crippen LogP contribution in [0.15, 0.2) is 42.5 Å². The first-order chi connectivity index (χ1) is 15.0. The van der Waals surface area contributed by atoms with Crippen molar-refractivity contribution in [3.8, 4) is 5.75 Å². The normalized spacial score (nSPS) is 12.1. The lowest BCUT2D eigenvalue weighted by atomic mass is 10.1. The second-order valence-corrected chi connectivity index (χ2v) is 9.60. The zero-order valence-corrected chi connectivity index (χ0v) is 20.2. The van der Waals surface area contributed by atoms with Crippen LogP contribution in [-0.2, 0) is 26.2 Å². The SMILES string of the molecule is CNC(=O)[C@H](C)N(Cc1ccc(OC)cc1)C(=O)CN(c1ccc(C)c(C)c1)S(C)(=O)=O.